The van der Waals surface area contributed by atoms with E-state index in [1.807, 2.05) is 6.07 Å². The lowest BCUT2D eigenvalue weighted by molar-refractivity contribution is 0.102. The molecule has 3 rings (SSSR count). The van der Waals surface area contributed by atoms with Crippen LogP contribution in [0.25, 0.3) is 0 Å². The molecule has 0 spiro atoms. The Morgan fingerprint density at radius 2 is 2.08 bits per heavy atom. The van der Waals surface area contributed by atoms with Gasteiger partial charge in [-0.05, 0) is 12.1 Å². The van der Waals surface area contributed by atoms with E-state index in [1.54, 1.807) is 18.3 Å². The lowest BCUT2D eigenvalue weighted by Crippen LogP contribution is -2.38. The molecule has 1 aliphatic rings. The first-order valence-corrected chi connectivity index (χ1v) is 8.10. The monoisotopic (exact) mass is 329 g/mol. The quantitative estimate of drug-likeness (QED) is 0.902. The maximum Gasteiger partial charge on any atom is 0.260 e. The van der Waals surface area contributed by atoms with E-state index < -0.39 is 0 Å². The number of anilines is 2. The molecule has 1 saturated heterocycles. The number of aromatic nitrogens is 3. The van der Waals surface area contributed by atoms with E-state index in [1.165, 1.54) is 0 Å². The lowest BCUT2D eigenvalue weighted by Gasteiger charge is -2.29. The molecule has 3 heterocycles. The van der Waals surface area contributed by atoms with Gasteiger partial charge >= 0.3 is 0 Å². The predicted molar refractivity (Wildman–Crippen MR) is 92.5 cm³/mol. The molecule has 1 aliphatic heterocycles. The molecular weight excluding hydrogens is 306 g/mol. The van der Waals surface area contributed by atoms with Crippen molar-refractivity contribution in [3.8, 4) is 0 Å². The zero-order valence-corrected chi connectivity index (χ0v) is 14.3. The van der Waals surface area contributed by atoms with E-state index >= 15 is 0 Å². The van der Waals surface area contributed by atoms with Crippen LogP contribution < -0.4 is 10.2 Å². The fourth-order valence-corrected chi connectivity index (χ4v) is 2.55. The van der Waals surface area contributed by atoms with E-state index in [2.05, 4.69) is 46.2 Å². The Hall–Kier alpha value is -2.41. The van der Waals surface area contributed by atoms with Gasteiger partial charge in [-0.2, -0.15) is 5.10 Å². The molecule has 0 radical (unpaired) electrons. The van der Waals surface area contributed by atoms with Gasteiger partial charge in [-0.3, -0.25) is 9.89 Å². The highest BCUT2D eigenvalue weighted by molar-refractivity contribution is 6.07. The number of carbonyl (C=O) groups is 1. The van der Waals surface area contributed by atoms with Gasteiger partial charge in [-0.15, -0.1) is 0 Å². The van der Waals surface area contributed by atoms with Crippen LogP contribution >= 0.6 is 0 Å². The summed E-state index contributed by atoms with van der Waals surface area (Å²) in [7, 11) is 0. The van der Waals surface area contributed by atoms with E-state index in [4.69, 9.17) is 4.74 Å². The third kappa shape index (κ3) is 3.56. The minimum absolute atomic E-state index is 0.0523. The zero-order chi connectivity index (χ0) is 17.2. The highest BCUT2D eigenvalue weighted by Crippen LogP contribution is 2.23. The summed E-state index contributed by atoms with van der Waals surface area (Å²) in [6, 6.07) is 5.41. The van der Waals surface area contributed by atoms with Crippen molar-refractivity contribution in [2.75, 3.05) is 36.5 Å². The fraction of sp³-hybridized carbons (Fsp3) is 0.471. The molecule has 7 heteroatoms. The first-order chi connectivity index (χ1) is 11.4. The number of H-pyrrole nitrogens is 1. The number of morpholine rings is 1. The number of hydrogen-bond donors (Lipinski definition) is 2. The first-order valence-electron chi connectivity index (χ1n) is 8.10. The van der Waals surface area contributed by atoms with Gasteiger partial charge in [-0.25, -0.2) is 4.98 Å². The molecule has 24 heavy (non-hydrogen) atoms. The van der Waals surface area contributed by atoms with Crippen LogP contribution in [0.1, 0.15) is 36.8 Å². The van der Waals surface area contributed by atoms with Crippen LogP contribution in [0.5, 0.6) is 0 Å². The Morgan fingerprint density at radius 1 is 1.33 bits per heavy atom. The Bertz CT molecular complexity index is 714. The molecule has 0 bridgehead atoms. The maximum atomic E-state index is 12.7. The summed E-state index contributed by atoms with van der Waals surface area (Å²) in [4.78, 5) is 19.1. The second kappa shape index (κ2) is 6.60. The number of rotatable bonds is 3. The molecule has 1 amide bonds. The third-order valence-corrected chi connectivity index (χ3v) is 3.97. The summed E-state index contributed by atoms with van der Waals surface area (Å²) in [5.74, 6) is 0.989. The Kier molecular flexibility index (Phi) is 4.53. The van der Waals surface area contributed by atoms with Crippen molar-refractivity contribution in [2.24, 2.45) is 0 Å². The number of pyridine rings is 1. The van der Waals surface area contributed by atoms with Gasteiger partial charge in [0, 0.05) is 36.5 Å². The summed E-state index contributed by atoms with van der Waals surface area (Å²) >= 11 is 0. The van der Waals surface area contributed by atoms with Gasteiger partial charge < -0.3 is 15.0 Å². The second-order valence-electron chi connectivity index (χ2n) is 6.84. The molecule has 2 aromatic heterocycles. The molecule has 7 nitrogen and oxygen atoms in total. The van der Waals surface area contributed by atoms with Crippen molar-refractivity contribution in [3.05, 3.63) is 35.7 Å². The molecule has 128 valence electrons. The van der Waals surface area contributed by atoms with Crippen molar-refractivity contribution in [2.45, 2.75) is 26.2 Å². The SMILES string of the molecule is CC(C)(C)c1cc(NC(=O)c2cccnc2N2CCOCC2)n[nH]1. The second-order valence-corrected chi connectivity index (χ2v) is 6.84. The van der Waals surface area contributed by atoms with Crippen molar-refractivity contribution in [1.29, 1.82) is 0 Å². The average molecular weight is 329 g/mol. The van der Waals surface area contributed by atoms with Crippen molar-refractivity contribution < 1.29 is 9.53 Å². The molecule has 0 saturated carbocycles. The standard InChI is InChI=1S/C17H23N5O2/c1-17(2,3)13-11-14(21-20-13)19-16(23)12-5-4-6-18-15(12)22-7-9-24-10-8-22/h4-6,11H,7-10H2,1-3H3,(H2,19,20,21,23). The van der Waals surface area contributed by atoms with Crippen molar-refractivity contribution in [3.63, 3.8) is 0 Å². The normalized spacial score (nSPS) is 15.4. The predicted octanol–water partition coefficient (Wildman–Crippen LogP) is 2.19. The van der Waals surface area contributed by atoms with E-state index in [9.17, 15) is 4.79 Å². The number of nitrogens with one attached hydrogen (secondary N) is 2. The average Bonchev–Trinajstić information content (AvgIpc) is 3.04. The largest absolute Gasteiger partial charge is 0.378 e. The topological polar surface area (TPSA) is 83.1 Å². The number of aromatic amines is 1. The molecule has 1 fully saturated rings. The smallest absolute Gasteiger partial charge is 0.260 e. The summed E-state index contributed by atoms with van der Waals surface area (Å²) in [6.45, 7) is 9.01. The van der Waals surface area contributed by atoms with E-state index in [0.29, 0.717) is 30.4 Å². The Morgan fingerprint density at radius 3 is 2.75 bits per heavy atom. The third-order valence-electron chi connectivity index (χ3n) is 3.97. The zero-order valence-electron chi connectivity index (χ0n) is 14.3. The molecule has 0 aromatic carbocycles. The van der Waals surface area contributed by atoms with Crippen LogP contribution in [-0.4, -0.2) is 47.4 Å². The van der Waals surface area contributed by atoms with Crippen LogP contribution in [0.4, 0.5) is 11.6 Å². The maximum absolute atomic E-state index is 12.7. The highest BCUT2D eigenvalue weighted by atomic mass is 16.5. The molecule has 0 atom stereocenters. The first kappa shape index (κ1) is 16.4. The van der Waals surface area contributed by atoms with Crippen molar-refractivity contribution in [1.82, 2.24) is 15.2 Å². The number of amides is 1. The van der Waals surface area contributed by atoms with Gasteiger partial charge in [0.25, 0.3) is 5.91 Å². The van der Waals surface area contributed by atoms with Gasteiger partial charge in [0.1, 0.15) is 5.82 Å². The van der Waals surface area contributed by atoms with Gasteiger partial charge in [-0.1, -0.05) is 20.8 Å². The molecule has 0 aliphatic carbocycles. The van der Waals surface area contributed by atoms with Crippen LogP contribution in [0.2, 0.25) is 0 Å². The molecule has 2 N–H and O–H groups in total. The Balaban J connectivity index is 1.79. The van der Waals surface area contributed by atoms with Gasteiger partial charge in [0.15, 0.2) is 5.82 Å². The summed E-state index contributed by atoms with van der Waals surface area (Å²) < 4.78 is 5.37. The van der Waals surface area contributed by atoms with Gasteiger partial charge in [0.2, 0.25) is 0 Å². The van der Waals surface area contributed by atoms with Gasteiger partial charge in [0.05, 0.1) is 18.8 Å². The molecule has 0 unspecified atom stereocenters. The number of hydrogen-bond acceptors (Lipinski definition) is 5. The number of nitrogens with zero attached hydrogens (tertiary/aromatic N) is 3. The highest BCUT2D eigenvalue weighted by Gasteiger charge is 2.21. The van der Waals surface area contributed by atoms with E-state index in [0.717, 1.165) is 18.8 Å². The van der Waals surface area contributed by atoms with Crippen LogP contribution in [0.15, 0.2) is 24.4 Å². The minimum Gasteiger partial charge on any atom is -0.378 e. The molecular formula is C17H23N5O2. The Labute approximate surface area is 141 Å². The van der Waals surface area contributed by atoms with Crippen LogP contribution in [-0.2, 0) is 10.2 Å². The summed E-state index contributed by atoms with van der Waals surface area (Å²) in [6.07, 6.45) is 1.70. The van der Waals surface area contributed by atoms with Crippen LogP contribution in [0, 0.1) is 0 Å². The van der Waals surface area contributed by atoms with E-state index in [-0.39, 0.29) is 11.3 Å². The summed E-state index contributed by atoms with van der Waals surface area (Å²) in [5.41, 5.74) is 1.46. The fourth-order valence-electron chi connectivity index (χ4n) is 2.55. The number of ether oxygens (including phenoxy) is 1. The van der Waals surface area contributed by atoms with Crippen molar-refractivity contribution >= 4 is 17.5 Å². The minimum atomic E-state index is -0.212. The van der Waals surface area contributed by atoms with Crippen LogP contribution in [0.3, 0.4) is 0 Å². The number of carbonyl (C=O) groups excluding carboxylic acids is 1. The summed E-state index contributed by atoms with van der Waals surface area (Å²) in [5, 5.41) is 10.0. The molecule has 2 aromatic rings. The lowest BCUT2D eigenvalue weighted by atomic mass is 9.92.